The molecule has 1 saturated heterocycles. The number of nitrogens with zero attached hydrogens (tertiary/aromatic N) is 6. The highest BCUT2D eigenvalue weighted by atomic mass is 19.1. The van der Waals surface area contributed by atoms with Crippen molar-refractivity contribution in [3.05, 3.63) is 53.2 Å². The summed E-state index contributed by atoms with van der Waals surface area (Å²) in [5.41, 5.74) is 1.59. The molecule has 146 valence electrons. The van der Waals surface area contributed by atoms with Crippen LogP contribution in [0.2, 0.25) is 0 Å². The Kier molecular flexibility index (Phi) is 5.16. The normalized spacial score (nSPS) is 14.6. The largest absolute Gasteiger partial charge is 0.383 e. The van der Waals surface area contributed by atoms with E-state index in [4.69, 9.17) is 4.74 Å². The molecule has 8 nitrogen and oxygen atoms in total. The Labute approximate surface area is 161 Å². The molecule has 0 amide bonds. The van der Waals surface area contributed by atoms with Gasteiger partial charge in [0.05, 0.1) is 36.6 Å². The first kappa shape index (κ1) is 18.3. The van der Waals surface area contributed by atoms with E-state index >= 15 is 0 Å². The van der Waals surface area contributed by atoms with E-state index in [0.29, 0.717) is 43.0 Å². The Balaban J connectivity index is 1.51. The Morgan fingerprint density at radius 2 is 1.93 bits per heavy atom. The molecule has 1 fully saturated rings. The molecule has 28 heavy (non-hydrogen) atoms. The third kappa shape index (κ3) is 3.53. The zero-order chi connectivity index (χ0) is 19.5. The molecule has 0 aliphatic carbocycles. The van der Waals surface area contributed by atoms with Crippen LogP contribution < -0.4 is 15.4 Å². The van der Waals surface area contributed by atoms with Gasteiger partial charge in [0.15, 0.2) is 11.6 Å². The molecule has 0 N–H and O–H groups in total. The lowest BCUT2D eigenvalue weighted by Crippen LogP contribution is -2.47. The lowest BCUT2D eigenvalue weighted by Gasteiger charge is -2.36. The van der Waals surface area contributed by atoms with E-state index in [9.17, 15) is 9.18 Å². The number of anilines is 2. The minimum absolute atomic E-state index is 0.0716. The van der Waals surface area contributed by atoms with Crippen molar-refractivity contribution in [2.24, 2.45) is 0 Å². The Bertz CT molecular complexity index is 1030. The quantitative estimate of drug-likeness (QED) is 0.656. The van der Waals surface area contributed by atoms with Crippen LogP contribution in [0.3, 0.4) is 0 Å². The summed E-state index contributed by atoms with van der Waals surface area (Å²) in [5.74, 6) is -0.0676. The standard InChI is InChI=1S/C19H21FN6O2/c1-28-9-8-26-13-23-17-10-14(2-3-15(17)19(26)27)24-4-6-25(7-5-24)18-16(20)11-21-12-22-18/h2-3,10-13H,4-9H2,1H3. The first-order chi connectivity index (χ1) is 13.7. The molecule has 0 unspecified atom stereocenters. The summed E-state index contributed by atoms with van der Waals surface area (Å²) in [4.78, 5) is 28.8. The van der Waals surface area contributed by atoms with E-state index < -0.39 is 5.82 Å². The molecule has 0 saturated carbocycles. The van der Waals surface area contributed by atoms with Crippen LogP contribution in [0.1, 0.15) is 0 Å². The van der Waals surface area contributed by atoms with Gasteiger partial charge in [-0.3, -0.25) is 9.36 Å². The summed E-state index contributed by atoms with van der Waals surface area (Å²) in [6, 6.07) is 5.69. The van der Waals surface area contributed by atoms with Crippen molar-refractivity contribution in [3.63, 3.8) is 0 Å². The molecule has 0 radical (unpaired) electrons. The minimum Gasteiger partial charge on any atom is -0.383 e. The molecule has 3 heterocycles. The Hall–Kier alpha value is -3.07. The monoisotopic (exact) mass is 384 g/mol. The lowest BCUT2D eigenvalue weighted by molar-refractivity contribution is 0.186. The molecule has 2 aromatic heterocycles. The van der Waals surface area contributed by atoms with E-state index in [0.717, 1.165) is 18.8 Å². The van der Waals surface area contributed by atoms with Crippen molar-refractivity contribution in [3.8, 4) is 0 Å². The van der Waals surface area contributed by atoms with Gasteiger partial charge in [-0.25, -0.2) is 19.3 Å². The third-order valence-corrected chi connectivity index (χ3v) is 4.94. The van der Waals surface area contributed by atoms with E-state index in [2.05, 4.69) is 19.9 Å². The third-order valence-electron chi connectivity index (χ3n) is 4.94. The highest BCUT2D eigenvalue weighted by Gasteiger charge is 2.21. The maximum Gasteiger partial charge on any atom is 0.261 e. The molecule has 4 rings (SSSR count). The van der Waals surface area contributed by atoms with Crippen LogP contribution in [-0.2, 0) is 11.3 Å². The van der Waals surface area contributed by atoms with Gasteiger partial charge in [-0.2, -0.15) is 0 Å². The molecule has 9 heteroatoms. The SMILES string of the molecule is COCCn1cnc2cc(N3CCN(c4ncncc4F)CC3)ccc2c1=O. The van der Waals surface area contributed by atoms with Crippen LogP contribution in [0.4, 0.5) is 15.9 Å². The summed E-state index contributed by atoms with van der Waals surface area (Å²) in [6.45, 7) is 3.68. The number of benzene rings is 1. The predicted octanol–water partition coefficient (Wildman–Crippen LogP) is 1.30. The van der Waals surface area contributed by atoms with E-state index in [1.54, 1.807) is 18.0 Å². The number of aromatic nitrogens is 4. The molecular weight excluding hydrogens is 363 g/mol. The number of hydrogen-bond acceptors (Lipinski definition) is 7. The lowest BCUT2D eigenvalue weighted by atomic mass is 10.2. The molecule has 0 atom stereocenters. The predicted molar refractivity (Wildman–Crippen MR) is 104 cm³/mol. The van der Waals surface area contributed by atoms with Crippen LogP contribution in [-0.4, -0.2) is 59.4 Å². The van der Waals surface area contributed by atoms with E-state index in [-0.39, 0.29) is 5.56 Å². The van der Waals surface area contributed by atoms with Gasteiger partial charge in [0, 0.05) is 39.0 Å². The van der Waals surface area contributed by atoms with Gasteiger partial charge < -0.3 is 14.5 Å². The van der Waals surface area contributed by atoms with Gasteiger partial charge >= 0.3 is 0 Å². The van der Waals surface area contributed by atoms with Crippen molar-refractivity contribution >= 4 is 22.4 Å². The minimum atomic E-state index is -0.407. The van der Waals surface area contributed by atoms with Crippen LogP contribution in [0, 0.1) is 5.82 Å². The zero-order valence-corrected chi connectivity index (χ0v) is 15.6. The zero-order valence-electron chi connectivity index (χ0n) is 15.6. The number of fused-ring (bicyclic) bond motifs is 1. The first-order valence-corrected chi connectivity index (χ1v) is 9.11. The fourth-order valence-corrected chi connectivity index (χ4v) is 3.41. The van der Waals surface area contributed by atoms with E-state index in [1.165, 1.54) is 12.5 Å². The fourth-order valence-electron chi connectivity index (χ4n) is 3.41. The van der Waals surface area contributed by atoms with Gasteiger partial charge in [-0.15, -0.1) is 0 Å². The molecule has 3 aromatic rings. The summed E-state index contributed by atoms with van der Waals surface area (Å²) in [7, 11) is 1.60. The van der Waals surface area contributed by atoms with E-state index in [1.807, 2.05) is 23.1 Å². The molecule has 1 aliphatic rings. The van der Waals surface area contributed by atoms with Gasteiger partial charge in [-0.1, -0.05) is 0 Å². The molecule has 1 aliphatic heterocycles. The van der Waals surface area contributed by atoms with Gasteiger partial charge in [0.25, 0.3) is 5.56 Å². The summed E-state index contributed by atoms with van der Waals surface area (Å²) < 4.78 is 20.5. The van der Waals surface area contributed by atoms with Crippen molar-refractivity contribution < 1.29 is 9.13 Å². The Morgan fingerprint density at radius 3 is 2.68 bits per heavy atom. The maximum atomic E-state index is 13.9. The number of halogens is 1. The van der Waals surface area contributed by atoms with Crippen molar-refractivity contribution in [2.75, 3.05) is 49.7 Å². The van der Waals surface area contributed by atoms with Gasteiger partial charge in [0.1, 0.15) is 6.33 Å². The second-order valence-electron chi connectivity index (χ2n) is 6.61. The Morgan fingerprint density at radius 1 is 1.14 bits per heavy atom. The topological polar surface area (TPSA) is 76.4 Å². The highest BCUT2D eigenvalue weighted by Crippen LogP contribution is 2.22. The number of methoxy groups -OCH3 is 1. The van der Waals surface area contributed by atoms with Crippen molar-refractivity contribution in [1.29, 1.82) is 0 Å². The summed E-state index contributed by atoms with van der Waals surface area (Å²) in [6.07, 6.45) is 4.10. The summed E-state index contributed by atoms with van der Waals surface area (Å²) in [5, 5.41) is 0.587. The second-order valence-corrected chi connectivity index (χ2v) is 6.61. The molecule has 1 aromatic carbocycles. The highest BCUT2D eigenvalue weighted by molar-refractivity contribution is 5.81. The number of hydrogen-bond donors (Lipinski definition) is 0. The average Bonchev–Trinajstić information content (AvgIpc) is 2.74. The van der Waals surface area contributed by atoms with Crippen LogP contribution >= 0.6 is 0 Å². The smallest absolute Gasteiger partial charge is 0.261 e. The number of rotatable bonds is 5. The van der Waals surface area contributed by atoms with Crippen LogP contribution in [0.25, 0.3) is 10.9 Å². The van der Waals surface area contributed by atoms with Gasteiger partial charge in [-0.05, 0) is 18.2 Å². The van der Waals surface area contributed by atoms with Crippen LogP contribution in [0.5, 0.6) is 0 Å². The van der Waals surface area contributed by atoms with Crippen molar-refractivity contribution in [1.82, 2.24) is 19.5 Å². The average molecular weight is 384 g/mol. The van der Waals surface area contributed by atoms with Crippen LogP contribution in [0.15, 0.2) is 41.8 Å². The van der Waals surface area contributed by atoms with Crippen molar-refractivity contribution in [2.45, 2.75) is 6.54 Å². The fraction of sp³-hybridized carbons (Fsp3) is 0.368. The molecule has 0 bridgehead atoms. The maximum absolute atomic E-state index is 13.9. The number of ether oxygens (including phenoxy) is 1. The van der Waals surface area contributed by atoms with Gasteiger partial charge in [0.2, 0.25) is 0 Å². The first-order valence-electron chi connectivity index (χ1n) is 9.11. The number of piperazine rings is 1. The second kappa shape index (κ2) is 7.89. The molecular formula is C19H21FN6O2. The molecule has 0 spiro atoms. The summed E-state index contributed by atoms with van der Waals surface area (Å²) >= 11 is 0.